The summed E-state index contributed by atoms with van der Waals surface area (Å²) < 4.78 is 3.97. The van der Waals surface area contributed by atoms with Crippen LogP contribution in [-0.4, -0.2) is 25.8 Å². The lowest BCUT2D eigenvalue weighted by Gasteiger charge is -2.13. The van der Waals surface area contributed by atoms with Crippen LogP contribution >= 0.6 is 0 Å². The zero-order valence-corrected chi connectivity index (χ0v) is 15.4. The highest BCUT2D eigenvalue weighted by Crippen LogP contribution is 2.20. The fraction of sp³-hybridized carbons (Fsp3) is 0.273. The van der Waals surface area contributed by atoms with Gasteiger partial charge in [-0.15, -0.1) is 0 Å². The predicted octanol–water partition coefficient (Wildman–Crippen LogP) is 3.48. The minimum atomic E-state index is -0.0137. The smallest absolute Gasteiger partial charge is 0.251 e. The maximum Gasteiger partial charge on any atom is 0.251 e. The molecule has 2 aromatic carbocycles. The molecule has 2 heterocycles. The van der Waals surface area contributed by atoms with Gasteiger partial charge in [0, 0.05) is 24.6 Å². The molecule has 138 valence electrons. The number of benzene rings is 2. The summed E-state index contributed by atoms with van der Waals surface area (Å²) in [6.07, 6.45) is 1.62. The van der Waals surface area contributed by atoms with Gasteiger partial charge in [-0.2, -0.15) is 0 Å². The van der Waals surface area contributed by atoms with E-state index in [1.54, 1.807) is 10.6 Å². The van der Waals surface area contributed by atoms with Crippen molar-refractivity contribution in [2.45, 2.75) is 32.9 Å². The zero-order chi connectivity index (χ0) is 18.8. The molecule has 2 aromatic heterocycles. The van der Waals surface area contributed by atoms with Crippen LogP contribution in [0.15, 0.2) is 59.4 Å². The quantitative estimate of drug-likeness (QED) is 0.535. The van der Waals surface area contributed by atoms with E-state index in [1.807, 2.05) is 49.4 Å². The molecule has 0 radical (unpaired) electrons. The van der Waals surface area contributed by atoms with E-state index >= 15 is 0 Å². The zero-order valence-electron chi connectivity index (χ0n) is 15.4. The van der Waals surface area contributed by atoms with Crippen LogP contribution in [-0.2, 0) is 13.1 Å². The first kappa shape index (κ1) is 17.5. The Labute approximate surface area is 157 Å². The summed E-state index contributed by atoms with van der Waals surface area (Å²) in [7, 11) is 0. The van der Waals surface area contributed by atoms with Crippen LogP contribution in [0.5, 0.6) is 0 Å². The molecule has 0 unspecified atom stereocenters. The van der Waals surface area contributed by atoms with Crippen molar-refractivity contribution in [1.82, 2.24) is 14.1 Å². The third-order valence-electron chi connectivity index (χ3n) is 5.05. The van der Waals surface area contributed by atoms with Gasteiger partial charge in [0.15, 0.2) is 0 Å². The van der Waals surface area contributed by atoms with Gasteiger partial charge >= 0.3 is 0 Å². The molecule has 0 amide bonds. The molecule has 0 bridgehead atoms. The minimum absolute atomic E-state index is 0.0137. The highest BCUT2D eigenvalue weighted by atomic mass is 16.2. The van der Waals surface area contributed by atoms with Crippen LogP contribution < -0.4 is 5.56 Å². The molecule has 27 heavy (non-hydrogen) atoms. The normalized spacial score (nSPS) is 11.5. The summed E-state index contributed by atoms with van der Waals surface area (Å²) in [6, 6.07) is 17.7. The number of para-hydroxylation sites is 3. The molecular formula is C22H23N3O2. The van der Waals surface area contributed by atoms with E-state index in [2.05, 4.69) is 10.6 Å². The fourth-order valence-corrected chi connectivity index (χ4v) is 3.68. The Kier molecular flexibility index (Phi) is 4.77. The Morgan fingerprint density at radius 3 is 2.52 bits per heavy atom. The monoisotopic (exact) mass is 361 g/mol. The number of rotatable bonds is 6. The number of nitrogens with zero attached hydrogens (tertiary/aromatic N) is 3. The molecule has 5 nitrogen and oxygen atoms in total. The average Bonchev–Trinajstić information content (AvgIpc) is 3.03. The molecule has 0 atom stereocenters. The number of unbranched alkanes of at least 4 members (excludes halogenated alkanes) is 1. The van der Waals surface area contributed by atoms with Crippen molar-refractivity contribution in [3.8, 4) is 0 Å². The van der Waals surface area contributed by atoms with Gasteiger partial charge in [0.1, 0.15) is 5.82 Å². The number of aliphatic hydroxyl groups excluding tert-OH is 1. The van der Waals surface area contributed by atoms with Gasteiger partial charge in [0.2, 0.25) is 0 Å². The van der Waals surface area contributed by atoms with Crippen LogP contribution in [0.2, 0.25) is 0 Å². The number of fused-ring (bicyclic) bond motifs is 2. The van der Waals surface area contributed by atoms with E-state index in [0.717, 1.165) is 52.7 Å². The lowest BCUT2D eigenvalue weighted by atomic mass is 10.1. The number of pyridine rings is 1. The molecule has 4 rings (SSSR count). The van der Waals surface area contributed by atoms with Crippen LogP contribution in [0, 0.1) is 6.92 Å². The molecule has 0 aliphatic heterocycles. The van der Waals surface area contributed by atoms with Gasteiger partial charge in [-0.05, 0) is 43.5 Å². The van der Waals surface area contributed by atoms with Crippen molar-refractivity contribution in [2.24, 2.45) is 0 Å². The molecule has 4 aromatic rings. The van der Waals surface area contributed by atoms with Crippen molar-refractivity contribution in [3.63, 3.8) is 0 Å². The van der Waals surface area contributed by atoms with E-state index in [-0.39, 0.29) is 12.2 Å². The maximum atomic E-state index is 12.7. The third kappa shape index (κ3) is 3.26. The van der Waals surface area contributed by atoms with Gasteiger partial charge in [-0.1, -0.05) is 30.3 Å². The summed E-state index contributed by atoms with van der Waals surface area (Å²) in [5, 5.41) is 10.2. The largest absolute Gasteiger partial charge is 0.396 e. The lowest BCUT2D eigenvalue weighted by Crippen LogP contribution is -2.23. The lowest BCUT2D eigenvalue weighted by molar-refractivity contribution is 0.281. The Bertz CT molecular complexity index is 1160. The number of hydrogen-bond donors (Lipinski definition) is 1. The van der Waals surface area contributed by atoms with E-state index in [9.17, 15) is 4.79 Å². The molecule has 0 saturated heterocycles. The SMILES string of the molecule is Cc1cc(=O)n(Cc2nc3ccccc3n2CCCCO)c2ccccc12. The molecule has 0 aliphatic carbocycles. The fourth-order valence-electron chi connectivity index (χ4n) is 3.68. The van der Waals surface area contributed by atoms with E-state index in [1.165, 1.54) is 0 Å². The van der Waals surface area contributed by atoms with Crippen molar-refractivity contribution < 1.29 is 5.11 Å². The second kappa shape index (κ2) is 7.37. The third-order valence-corrected chi connectivity index (χ3v) is 5.05. The van der Waals surface area contributed by atoms with Crippen molar-refractivity contribution in [2.75, 3.05) is 6.61 Å². The van der Waals surface area contributed by atoms with Gasteiger partial charge in [-0.3, -0.25) is 4.79 Å². The molecule has 0 aliphatic rings. The van der Waals surface area contributed by atoms with Crippen LogP contribution in [0.3, 0.4) is 0 Å². The highest BCUT2D eigenvalue weighted by Gasteiger charge is 2.13. The first-order valence-corrected chi connectivity index (χ1v) is 9.33. The average molecular weight is 361 g/mol. The molecule has 1 N–H and O–H groups in total. The van der Waals surface area contributed by atoms with Gasteiger partial charge in [-0.25, -0.2) is 4.98 Å². The van der Waals surface area contributed by atoms with Crippen LogP contribution in [0.25, 0.3) is 21.9 Å². The second-order valence-corrected chi connectivity index (χ2v) is 6.87. The summed E-state index contributed by atoms with van der Waals surface area (Å²) in [5.74, 6) is 0.866. The minimum Gasteiger partial charge on any atom is -0.396 e. The first-order valence-electron chi connectivity index (χ1n) is 9.33. The number of aryl methyl sites for hydroxylation is 2. The molecule has 5 heteroatoms. The van der Waals surface area contributed by atoms with E-state index in [4.69, 9.17) is 10.1 Å². The maximum absolute atomic E-state index is 12.7. The number of imidazole rings is 1. The van der Waals surface area contributed by atoms with E-state index < -0.39 is 0 Å². The summed E-state index contributed by atoms with van der Waals surface area (Å²) >= 11 is 0. The van der Waals surface area contributed by atoms with Crippen molar-refractivity contribution in [1.29, 1.82) is 0 Å². The first-order chi connectivity index (χ1) is 13.2. The van der Waals surface area contributed by atoms with Crippen LogP contribution in [0.4, 0.5) is 0 Å². The second-order valence-electron chi connectivity index (χ2n) is 6.87. The van der Waals surface area contributed by atoms with Gasteiger partial charge in [0.25, 0.3) is 5.56 Å². The summed E-state index contributed by atoms with van der Waals surface area (Å²) in [4.78, 5) is 17.5. The Hall–Kier alpha value is -2.92. The van der Waals surface area contributed by atoms with Crippen molar-refractivity contribution in [3.05, 3.63) is 76.3 Å². The number of aliphatic hydroxyl groups is 1. The Morgan fingerprint density at radius 1 is 0.963 bits per heavy atom. The van der Waals surface area contributed by atoms with E-state index in [0.29, 0.717) is 6.54 Å². The molecule has 0 spiro atoms. The molecule has 0 saturated carbocycles. The summed E-state index contributed by atoms with van der Waals surface area (Å²) in [6.45, 7) is 3.35. The van der Waals surface area contributed by atoms with Gasteiger partial charge in [0.05, 0.1) is 23.1 Å². The Morgan fingerprint density at radius 2 is 1.70 bits per heavy atom. The number of hydrogen-bond acceptors (Lipinski definition) is 3. The highest BCUT2D eigenvalue weighted by molar-refractivity contribution is 5.82. The molecule has 0 fully saturated rings. The standard InChI is InChI=1S/C22H23N3O2/c1-16-14-22(27)25(19-10-4-2-8-17(16)19)15-21-23-18-9-3-5-11-20(18)24(21)12-6-7-13-26/h2-5,8-11,14,26H,6-7,12-13,15H2,1H3. The topological polar surface area (TPSA) is 60.0 Å². The van der Waals surface area contributed by atoms with Gasteiger partial charge < -0.3 is 14.2 Å². The predicted molar refractivity (Wildman–Crippen MR) is 108 cm³/mol. The number of aromatic nitrogens is 3. The Balaban J connectivity index is 1.83. The molecular weight excluding hydrogens is 338 g/mol. The van der Waals surface area contributed by atoms with Crippen molar-refractivity contribution >= 4 is 21.9 Å². The summed E-state index contributed by atoms with van der Waals surface area (Å²) in [5.41, 5.74) is 3.90. The van der Waals surface area contributed by atoms with Crippen LogP contribution in [0.1, 0.15) is 24.2 Å².